The summed E-state index contributed by atoms with van der Waals surface area (Å²) in [6, 6.07) is 73.5. The summed E-state index contributed by atoms with van der Waals surface area (Å²) in [7, 11) is 0. The van der Waals surface area contributed by atoms with E-state index in [0.717, 1.165) is 17.1 Å². The van der Waals surface area contributed by atoms with Gasteiger partial charge in [0.15, 0.2) is 0 Å². The Kier molecular flexibility index (Phi) is 7.11. The van der Waals surface area contributed by atoms with Gasteiger partial charge in [-0.25, -0.2) is 0 Å². The van der Waals surface area contributed by atoms with Crippen molar-refractivity contribution in [2.45, 2.75) is 0 Å². The zero-order valence-electron chi connectivity index (χ0n) is 29.4. The first-order valence-corrected chi connectivity index (χ1v) is 19.3. The number of rotatable bonds is 5. The van der Waals surface area contributed by atoms with E-state index in [1.807, 2.05) is 11.3 Å². The van der Waals surface area contributed by atoms with Crippen molar-refractivity contribution in [3.63, 3.8) is 0 Å². The van der Waals surface area contributed by atoms with Crippen molar-refractivity contribution in [3.05, 3.63) is 200 Å². The minimum Gasteiger partial charge on any atom is -0.310 e. The summed E-state index contributed by atoms with van der Waals surface area (Å²) in [6.45, 7) is 0. The lowest BCUT2D eigenvalue weighted by atomic mass is 9.94. The number of hydrogen-bond acceptors (Lipinski definition) is 2. The topological polar surface area (TPSA) is 3.24 Å². The number of nitrogens with zero attached hydrogens (tertiary/aromatic N) is 1. The molecule has 0 atom stereocenters. The number of hydrogen-bond donors (Lipinski definition) is 0. The molecule has 1 heterocycles. The van der Waals surface area contributed by atoms with Crippen LogP contribution >= 0.6 is 11.3 Å². The van der Waals surface area contributed by atoms with Gasteiger partial charge >= 0.3 is 0 Å². The quantitative estimate of drug-likeness (QED) is 0.161. The van der Waals surface area contributed by atoms with E-state index >= 15 is 0 Å². The molecule has 1 nitrogen and oxygen atoms in total. The first kappa shape index (κ1) is 30.8. The van der Waals surface area contributed by atoms with Crippen LogP contribution in [0.15, 0.2) is 200 Å². The van der Waals surface area contributed by atoms with Gasteiger partial charge < -0.3 is 4.90 Å². The lowest BCUT2D eigenvalue weighted by molar-refractivity contribution is 1.29. The van der Waals surface area contributed by atoms with Crippen LogP contribution < -0.4 is 4.90 Å². The van der Waals surface area contributed by atoms with Crippen LogP contribution in [0.2, 0.25) is 0 Å². The smallest absolute Gasteiger partial charge is 0.0468 e. The molecule has 2 heteroatoms. The van der Waals surface area contributed by atoms with Crippen LogP contribution in [0.5, 0.6) is 0 Å². The Labute approximate surface area is 317 Å². The lowest BCUT2D eigenvalue weighted by Gasteiger charge is -2.26. The summed E-state index contributed by atoms with van der Waals surface area (Å²) in [6.07, 6.45) is 0. The average Bonchev–Trinajstić information content (AvgIpc) is 3.60. The standard InChI is InChI=1S/C52H33NS/c1-2-8-34(9-3-1)35-18-24-43(25-19-35)53(45-28-22-40-32-49-48-12-6-7-13-50(48)54-51(49)33-42(40)31-45)44-26-20-36(21-27-44)39-23-29-47-41(30-39)17-16-38-15-14-37-10-4-5-11-46(37)52(38)47/h1-33H. The molecule has 0 unspecified atom stereocenters. The van der Waals surface area contributed by atoms with Crippen molar-refractivity contribution in [2.75, 3.05) is 4.90 Å². The molecule has 252 valence electrons. The lowest BCUT2D eigenvalue weighted by Crippen LogP contribution is -2.09. The molecule has 54 heavy (non-hydrogen) atoms. The molecule has 0 fully saturated rings. The molecule has 1 aromatic heterocycles. The van der Waals surface area contributed by atoms with Gasteiger partial charge in [0, 0.05) is 37.2 Å². The molecule has 0 spiro atoms. The molecule has 0 saturated heterocycles. The van der Waals surface area contributed by atoms with Gasteiger partial charge in [0.25, 0.3) is 0 Å². The van der Waals surface area contributed by atoms with Crippen LogP contribution in [0.1, 0.15) is 0 Å². The van der Waals surface area contributed by atoms with Crippen LogP contribution in [-0.4, -0.2) is 0 Å². The van der Waals surface area contributed by atoms with Gasteiger partial charge in [-0.2, -0.15) is 0 Å². The predicted octanol–water partition coefficient (Wildman–Crippen LogP) is 15.5. The van der Waals surface area contributed by atoms with Gasteiger partial charge in [-0.1, -0.05) is 140 Å². The highest BCUT2D eigenvalue weighted by atomic mass is 32.1. The maximum Gasteiger partial charge on any atom is 0.0468 e. The van der Waals surface area contributed by atoms with Gasteiger partial charge in [-0.3, -0.25) is 0 Å². The first-order valence-electron chi connectivity index (χ1n) is 18.5. The highest BCUT2D eigenvalue weighted by Crippen LogP contribution is 2.41. The van der Waals surface area contributed by atoms with Crippen molar-refractivity contribution < 1.29 is 0 Å². The van der Waals surface area contributed by atoms with E-state index in [2.05, 4.69) is 205 Å². The first-order chi connectivity index (χ1) is 26.7. The summed E-state index contributed by atoms with van der Waals surface area (Å²) >= 11 is 1.87. The monoisotopic (exact) mass is 703 g/mol. The molecule has 0 N–H and O–H groups in total. The van der Waals surface area contributed by atoms with E-state index in [0.29, 0.717) is 0 Å². The fourth-order valence-corrected chi connectivity index (χ4v) is 9.43. The molecule has 0 aliphatic rings. The van der Waals surface area contributed by atoms with Crippen LogP contribution in [0.4, 0.5) is 17.1 Å². The summed E-state index contributed by atoms with van der Waals surface area (Å²) in [5.74, 6) is 0. The Hall–Kier alpha value is -6.74. The summed E-state index contributed by atoms with van der Waals surface area (Å²) in [5, 5.41) is 12.9. The number of anilines is 3. The Morgan fingerprint density at radius 3 is 1.65 bits per heavy atom. The third-order valence-electron chi connectivity index (χ3n) is 11.0. The highest BCUT2D eigenvalue weighted by molar-refractivity contribution is 7.25. The molecule has 0 amide bonds. The third kappa shape index (κ3) is 5.15. The van der Waals surface area contributed by atoms with Gasteiger partial charge in [0.2, 0.25) is 0 Å². The Morgan fingerprint density at radius 2 is 0.852 bits per heavy atom. The van der Waals surface area contributed by atoms with Crippen LogP contribution in [-0.2, 0) is 0 Å². The minimum absolute atomic E-state index is 1.12. The van der Waals surface area contributed by atoms with Gasteiger partial charge in [0.1, 0.15) is 0 Å². The van der Waals surface area contributed by atoms with Crippen molar-refractivity contribution in [3.8, 4) is 22.3 Å². The zero-order valence-corrected chi connectivity index (χ0v) is 30.2. The molecule has 0 saturated carbocycles. The Bertz CT molecular complexity index is 3190. The van der Waals surface area contributed by atoms with E-state index in [-0.39, 0.29) is 0 Å². The summed E-state index contributed by atoms with van der Waals surface area (Å²) in [4.78, 5) is 2.38. The second kappa shape index (κ2) is 12.4. The molecule has 0 bridgehead atoms. The van der Waals surface area contributed by atoms with Crippen molar-refractivity contribution in [2.24, 2.45) is 0 Å². The number of benzene rings is 10. The van der Waals surface area contributed by atoms with E-state index in [9.17, 15) is 0 Å². The van der Waals surface area contributed by atoms with Gasteiger partial charge in [-0.15, -0.1) is 11.3 Å². The maximum absolute atomic E-state index is 2.38. The average molecular weight is 704 g/mol. The molecule has 0 aliphatic carbocycles. The Balaban J connectivity index is 1.01. The van der Waals surface area contributed by atoms with Crippen LogP contribution in [0.25, 0.3) is 85.5 Å². The van der Waals surface area contributed by atoms with Gasteiger partial charge in [0.05, 0.1) is 0 Å². The highest BCUT2D eigenvalue weighted by Gasteiger charge is 2.16. The second-order valence-electron chi connectivity index (χ2n) is 14.2. The number of thiophene rings is 1. The molecular formula is C52H33NS. The van der Waals surface area contributed by atoms with E-state index in [1.54, 1.807) is 0 Å². The normalized spacial score (nSPS) is 11.7. The minimum atomic E-state index is 1.12. The number of fused-ring (bicyclic) bond motifs is 9. The van der Waals surface area contributed by atoms with E-state index in [4.69, 9.17) is 0 Å². The van der Waals surface area contributed by atoms with Crippen molar-refractivity contribution >= 4 is 91.7 Å². The SMILES string of the molecule is c1ccc(-c2ccc(N(c3ccc(-c4ccc5c(ccc6ccc7ccccc7c65)c4)cc3)c3ccc4cc5c(cc4c3)sc3ccccc35)cc2)cc1. The predicted molar refractivity (Wildman–Crippen MR) is 235 cm³/mol. The molecule has 10 aromatic carbocycles. The Morgan fingerprint density at radius 1 is 0.278 bits per heavy atom. The van der Waals surface area contributed by atoms with Crippen LogP contribution in [0.3, 0.4) is 0 Å². The molecule has 11 aromatic rings. The largest absolute Gasteiger partial charge is 0.310 e. The van der Waals surface area contributed by atoms with Gasteiger partial charge in [-0.05, 0) is 126 Å². The van der Waals surface area contributed by atoms with Crippen molar-refractivity contribution in [1.29, 1.82) is 0 Å². The molecular weight excluding hydrogens is 671 g/mol. The van der Waals surface area contributed by atoms with E-state index < -0.39 is 0 Å². The summed E-state index contributed by atoms with van der Waals surface area (Å²) < 4.78 is 2.65. The molecule has 0 aliphatic heterocycles. The van der Waals surface area contributed by atoms with E-state index in [1.165, 1.54) is 85.5 Å². The zero-order chi connectivity index (χ0) is 35.6. The fourth-order valence-electron chi connectivity index (χ4n) is 8.29. The van der Waals surface area contributed by atoms with Crippen molar-refractivity contribution in [1.82, 2.24) is 0 Å². The fraction of sp³-hybridized carbons (Fsp3) is 0. The second-order valence-corrected chi connectivity index (χ2v) is 15.2. The third-order valence-corrected chi connectivity index (χ3v) is 12.1. The van der Waals surface area contributed by atoms with Crippen LogP contribution in [0, 0.1) is 0 Å². The molecule has 11 rings (SSSR count). The maximum atomic E-state index is 2.38. The molecule has 0 radical (unpaired) electrons. The summed E-state index contributed by atoms with van der Waals surface area (Å²) in [5.41, 5.74) is 8.20.